The third kappa shape index (κ3) is 4.98. The fourth-order valence-corrected chi connectivity index (χ4v) is 2.02. The molecule has 0 radical (unpaired) electrons. The first-order chi connectivity index (χ1) is 9.06. The molecule has 108 valence electrons. The molecular formula is C13H22N2O4. The van der Waals surface area contributed by atoms with Gasteiger partial charge in [-0.3, -0.25) is 19.3 Å². The molecule has 0 aliphatic carbocycles. The van der Waals surface area contributed by atoms with Crippen LogP contribution in [0.25, 0.3) is 0 Å². The molecule has 1 heterocycles. The standard InChI is InChI=1S/C13H22N2O4/c1-2-8-19-10-9-12(17)15(13(10)18)7-5-3-4-6-11(14)16/h10H,2-9H2,1H3,(H2,14,16). The highest BCUT2D eigenvalue weighted by Crippen LogP contribution is 2.17. The van der Waals surface area contributed by atoms with E-state index in [1.807, 2.05) is 6.92 Å². The second-order valence-electron chi connectivity index (χ2n) is 4.72. The second-order valence-corrected chi connectivity index (χ2v) is 4.72. The SMILES string of the molecule is CCCOC1CC(=O)N(CCCCCC(N)=O)C1=O. The van der Waals surface area contributed by atoms with Gasteiger partial charge in [-0.2, -0.15) is 0 Å². The topological polar surface area (TPSA) is 89.7 Å². The Balaban J connectivity index is 2.27. The van der Waals surface area contributed by atoms with Crippen molar-refractivity contribution in [2.75, 3.05) is 13.2 Å². The zero-order chi connectivity index (χ0) is 14.3. The van der Waals surface area contributed by atoms with Crippen LogP contribution in [0.15, 0.2) is 0 Å². The molecule has 1 rings (SSSR count). The lowest BCUT2D eigenvalue weighted by Gasteiger charge is -2.14. The third-order valence-electron chi connectivity index (χ3n) is 3.03. The van der Waals surface area contributed by atoms with E-state index in [1.54, 1.807) is 0 Å². The number of primary amides is 1. The Bertz CT molecular complexity index is 344. The number of unbranched alkanes of at least 4 members (excludes halogenated alkanes) is 2. The van der Waals surface area contributed by atoms with Gasteiger partial charge < -0.3 is 10.5 Å². The van der Waals surface area contributed by atoms with Crippen molar-refractivity contribution in [2.24, 2.45) is 5.73 Å². The summed E-state index contributed by atoms with van der Waals surface area (Å²) >= 11 is 0. The molecule has 3 amide bonds. The molecule has 0 aromatic rings. The smallest absolute Gasteiger partial charge is 0.258 e. The van der Waals surface area contributed by atoms with Gasteiger partial charge in [0.15, 0.2) is 0 Å². The summed E-state index contributed by atoms with van der Waals surface area (Å²) in [4.78, 5) is 35.4. The second kappa shape index (κ2) is 7.89. The molecule has 2 N–H and O–H groups in total. The van der Waals surface area contributed by atoms with Crippen LogP contribution in [0.3, 0.4) is 0 Å². The summed E-state index contributed by atoms with van der Waals surface area (Å²) in [6.07, 6.45) is 2.90. The molecule has 0 aromatic carbocycles. The van der Waals surface area contributed by atoms with E-state index in [2.05, 4.69) is 0 Å². The fraction of sp³-hybridized carbons (Fsp3) is 0.769. The Morgan fingerprint density at radius 3 is 2.74 bits per heavy atom. The minimum absolute atomic E-state index is 0.153. The van der Waals surface area contributed by atoms with Crippen molar-refractivity contribution in [3.05, 3.63) is 0 Å². The molecule has 1 atom stereocenters. The van der Waals surface area contributed by atoms with Crippen molar-refractivity contribution >= 4 is 17.7 Å². The predicted molar refractivity (Wildman–Crippen MR) is 69.0 cm³/mol. The Morgan fingerprint density at radius 2 is 2.11 bits per heavy atom. The van der Waals surface area contributed by atoms with Crippen LogP contribution in [0.2, 0.25) is 0 Å². The maximum atomic E-state index is 11.9. The molecule has 0 saturated carbocycles. The van der Waals surface area contributed by atoms with Crippen molar-refractivity contribution < 1.29 is 19.1 Å². The van der Waals surface area contributed by atoms with Crippen LogP contribution in [0.4, 0.5) is 0 Å². The van der Waals surface area contributed by atoms with Gasteiger partial charge in [0.1, 0.15) is 6.10 Å². The van der Waals surface area contributed by atoms with Gasteiger partial charge in [0.2, 0.25) is 11.8 Å². The highest BCUT2D eigenvalue weighted by atomic mass is 16.5. The van der Waals surface area contributed by atoms with Gasteiger partial charge in [-0.15, -0.1) is 0 Å². The Hall–Kier alpha value is -1.43. The molecule has 6 nitrogen and oxygen atoms in total. The Labute approximate surface area is 113 Å². The van der Waals surface area contributed by atoms with E-state index in [0.29, 0.717) is 32.4 Å². The van der Waals surface area contributed by atoms with Crippen LogP contribution in [0.1, 0.15) is 45.4 Å². The molecular weight excluding hydrogens is 248 g/mol. The van der Waals surface area contributed by atoms with E-state index in [9.17, 15) is 14.4 Å². The summed E-state index contributed by atoms with van der Waals surface area (Å²) < 4.78 is 5.35. The van der Waals surface area contributed by atoms with Crippen molar-refractivity contribution in [1.82, 2.24) is 4.90 Å². The predicted octanol–water partition coefficient (Wildman–Crippen LogP) is 0.586. The zero-order valence-corrected chi connectivity index (χ0v) is 11.4. The molecule has 0 spiro atoms. The monoisotopic (exact) mass is 270 g/mol. The molecule has 0 aromatic heterocycles. The number of amides is 3. The molecule has 0 bridgehead atoms. The molecule has 1 aliphatic heterocycles. The maximum Gasteiger partial charge on any atom is 0.258 e. The number of carbonyl (C=O) groups excluding carboxylic acids is 3. The highest BCUT2D eigenvalue weighted by Gasteiger charge is 2.38. The summed E-state index contributed by atoms with van der Waals surface area (Å²) in [6.45, 7) is 2.86. The van der Waals surface area contributed by atoms with E-state index < -0.39 is 6.10 Å². The number of likely N-dealkylation sites (tertiary alicyclic amines) is 1. The maximum absolute atomic E-state index is 11.9. The van der Waals surface area contributed by atoms with Crippen LogP contribution >= 0.6 is 0 Å². The average Bonchev–Trinajstić information content (AvgIpc) is 2.62. The van der Waals surface area contributed by atoms with Crippen molar-refractivity contribution in [3.63, 3.8) is 0 Å². The molecule has 19 heavy (non-hydrogen) atoms. The number of imide groups is 1. The van der Waals surface area contributed by atoms with Gasteiger partial charge in [0, 0.05) is 19.6 Å². The van der Waals surface area contributed by atoms with Crippen LogP contribution in [-0.4, -0.2) is 41.9 Å². The van der Waals surface area contributed by atoms with Gasteiger partial charge in [-0.1, -0.05) is 13.3 Å². The Kier molecular flexibility index (Phi) is 6.49. The number of ether oxygens (including phenoxy) is 1. The first kappa shape index (κ1) is 15.6. The van der Waals surface area contributed by atoms with Crippen molar-refractivity contribution in [2.45, 2.75) is 51.6 Å². The van der Waals surface area contributed by atoms with Gasteiger partial charge >= 0.3 is 0 Å². The molecule has 1 aliphatic rings. The lowest BCUT2D eigenvalue weighted by molar-refractivity contribution is -0.142. The lowest BCUT2D eigenvalue weighted by atomic mass is 10.2. The minimum atomic E-state index is -0.599. The molecule has 1 saturated heterocycles. The first-order valence-electron chi connectivity index (χ1n) is 6.80. The van der Waals surface area contributed by atoms with Crippen molar-refractivity contribution in [1.29, 1.82) is 0 Å². The number of hydrogen-bond donors (Lipinski definition) is 1. The van der Waals surface area contributed by atoms with Gasteiger partial charge in [-0.25, -0.2) is 0 Å². The quantitative estimate of drug-likeness (QED) is 0.490. The number of rotatable bonds is 9. The summed E-state index contributed by atoms with van der Waals surface area (Å²) in [5.74, 6) is -0.712. The molecule has 1 fully saturated rings. The van der Waals surface area contributed by atoms with Crippen molar-refractivity contribution in [3.8, 4) is 0 Å². The average molecular weight is 270 g/mol. The summed E-state index contributed by atoms with van der Waals surface area (Å²) in [6, 6.07) is 0. The van der Waals surface area contributed by atoms with Crippen LogP contribution < -0.4 is 5.73 Å². The number of carbonyl (C=O) groups is 3. The van der Waals surface area contributed by atoms with E-state index in [0.717, 1.165) is 12.8 Å². The number of nitrogens with two attached hydrogens (primary N) is 1. The normalized spacial score (nSPS) is 19.2. The van der Waals surface area contributed by atoms with E-state index in [1.165, 1.54) is 4.90 Å². The summed E-state index contributed by atoms with van der Waals surface area (Å²) in [5.41, 5.74) is 5.03. The van der Waals surface area contributed by atoms with E-state index >= 15 is 0 Å². The Morgan fingerprint density at radius 1 is 1.37 bits per heavy atom. The number of nitrogens with zero attached hydrogens (tertiary/aromatic N) is 1. The third-order valence-corrected chi connectivity index (χ3v) is 3.03. The fourth-order valence-electron chi connectivity index (χ4n) is 2.02. The van der Waals surface area contributed by atoms with Gasteiger partial charge in [0.05, 0.1) is 6.42 Å². The minimum Gasteiger partial charge on any atom is -0.370 e. The first-order valence-corrected chi connectivity index (χ1v) is 6.80. The van der Waals surface area contributed by atoms with Crippen LogP contribution in [-0.2, 0) is 19.1 Å². The van der Waals surface area contributed by atoms with Crippen LogP contribution in [0.5, 0.6) is 0 Å². The van der Waals surface area contributed by atoms with Gasteiger partial charge in [-0.05, 0) is 19.3 Å². The van der Waals surface area contributed by atoms with Crippen LogP contribution in [0, 0.1) is 0 Å². The largest absolute Gasteiger partial charge is 0.370 e. The summed E-state index contributed by atoms with van der Waals surface area (Å²) in [5, 5.41) is 0. The van der Waals surface area contributed by atoms with Gasteiger partial charge in [0.25, 0.3) is 5.91 Å². The summed E-state index contributed by atoms with van der Waals surface area (Å²) in [7, 11) is 0. The number of hydrogen-bond acceptors (Lipinski definition) is 4. The van der Waals surface area contributed by atoms with E-state index in [-0.39, 0.29) is 24.1 Å². The van der Waals surface area contributed by atoms with E-state index in [4.69, 9.17) is 10.5 Å². The zero-order valence-electron chi connectivity index (χ0n) is 11.4. The highest BCUT2D eigenvalue weighted by molar-refractivity contribution is 6.04. The molecule has 6 heteroatoms. The molecule has 1 unspecified atom stereocenters. The lowest BCUT2D eigenvalue weighted by Crippen LogP contribution is -2.33.